The third kappa shape index (κ3) is 12.9. The number of aromatic nitrogens is 1. The van der Waals surface area contributed by atoms with Crippen molar-refractivity contribution in [1.29, 1.82) is 0 Å². The molecule has 0 aromatic carbocycles. The summed E-state index contributed by atoms with van der Waals surface area (Å²) in [6.45, 7) is 10.7. The summed E-state index contributed by atoms with van der Waals surface area (Å²) in [7, 11) is 0. The Hall–Kier alpha value is -5.75. The van der Waals surface area contributed by atoms with Crippen LogP contribution in [0.3, 0.4) is 0 Å². The second kappa shape index (κ2) is 19.6. The molecule has 1 aromatic heterocycles. The highest BCUT2D eigenvalue weighted by atomic mass is 16.4. The zero-order chi connectivity index (χ0) is 43.7. The number of hydrogen-bond acceptors (Lipinski definition) is 11. The molecule has 1 saturated heterocycles. The van der Waals surface area contributed by atoms with Gasteiger partial charge < -0.3 is 42.3 Å². The Kier molecular flexibility index (Phi) is 15.8. The fraction of sp³-hybridized carbons (Fsp3) is 0.615. The van der Waals surface area contributed by atoms with Crippen LogP contribution in [0.4, 0.5) is 0 Å². The SMILES string of the molecule is C[C@H](NC(=O)[C@@H]1CC(=O)CN1C(=O)[C@@H](NC(=O)[C@H](CCC(=O)C(=O)NC(C)(C)C)NC(=O)c1ccncc1C(=O)O)C(C)(C)C)C(=O)N[C@H](C(N)=O)C1CCCCC1. The molecule has 2 fully saturated rings. The topological polar surface area (TPSA) is 293 Å². The van der Waals surface area contributed by atoms with E-state index in [1.165, 1.54) is 6.92 Å². The maximum atomic E-state index is 14.3. The first-order valence-electron chi connectivity index (χ1n) is 19.3. The maximum absolute atomic E-state index is 14.3. The van der Waals surface area contributed by atoms with Gasteiger partial charge in [-0.05, 0) is 64.4 Å². The van der Waals surface area contributed by atoms with Gasteiger partial charge in [0.1, 0.15) is 30.2 Å². The van der Waals surface area contributed by atoms with E-state index >= 15 is 0 Å². The molecule has 3 rings (SSSR count). The number of likely N-dealkylation sites (tertiary alicyclic amines) is 1. The van der Waals surface area contributed by atoms with Crippen molar-refractivity contribution < 1.29 is 53.1 Å². The molecule has 2 heterocycles. The molecule has 2 aliphatic rings. The predicted molar refractivity (Wildman–Crippen MR) is 206 cm³/mol. The third-order valence-corrected chi connectivity index (χ3v) is 9.93. The monoisotopic (exact) mass is 812 g/mol. The van der Waals surface area contributed by atoms with Crippen molar-refractivity contribution in [3.8, 4) is 0 Å². The number of carbonyl (C=O) groups is 10. The van der Waals surface area contributed by atoms with Gasteiger partial charge >= 0.3 is 5.97 Å². The number of nitrogens with two attached hydrogens (primary N) is 1. The minimum Gasteiger partial charge on any atom is -0.478 e. The van der Waals surface area contributed by atoms with E-state index in [9.17, 15) is 53.1 Å². The number of ketones is 2. The number of hydrogen-bond donors (Lipinski definition) is 7. The van der Waals surface area contributed by atoms with Crippen molar-refractivity contribution >= 4 is 58.9 Å². The molecule has 7 amide bonds. The fourth-order valence-corrected chi connectivity index (χ4v) is 6.82. The number of nitrogens with one attached hydrogen (secondary N) is 5. The summed E-state index contributed by atoms with van der Waals surface area (Å²) in [5, 5.41) is 22.3. The quantitative estimate of drug-likeness (QED) is 0.108. The van der Waals surface area contributed by atoms with Gasteiger partial charge in [-0.1, -0.05) is 40.0 Å². The number of Topliss-reactive ketones (excluding diaryl/α,β-unsaturated/α-hetero) is 2. The van der Waals surface area contributed by atoms with Gasteiger partial charge in [0.25, 0.3) is 11.8 Å². The lowest BCUT2D eigenvalue weighted by Gasteiger charge is -2.36. The van der Waals surface area contributed by atoms with Gasteiger partial charge in [0, 0.05) is 30.8 Å². The third-order valence-electron chi connectivity index (χ3n) is 9.93. The van der Waals surface area contributed by atoms with Crippen LogP contribution >= 0.6 is 0 Å². The van der Waals surface area contributed by atoms with E-state index in [1.807, 2.05) is 0 Å². The van der Waals surface area contributed by atoms with Crippen LogP contribution in [0, 0.1) is 11.3 Å². The second-order valence-corrected chi connectivity index (χ2v) is 17.0. The number of amides is 7. The fourth-order valence-electron chi connectivity index (χ4n) is 6.82. The van der Waals surface area contributed by atoms with Crippen molar-refractivity contribution in [2.75, 3.05) is 6.54 Å². The van der Waals surface area contributed by atoms with Gasteiger partial charge in [0.05, 0.1) is 17.7 Å². The molecule has 5 atom stereocenters. The Morgan fingerprint density at radius 2 is 1.53 bits per heavy atom. The first kappa shape index (κ1) is 46.6. The number of carboxylic acids is 1. The van der Waals surface area contributed by atoms with Gasteiger partial charge in [-0.2, -0.15) is 0 Å². The molecular formula is C39H56N8O11. The zero-order valence-corrected chi connectivity index (χ0v) is 34.1. The first-order valence-corrected chi connectivity index (χ1v) is 19.3. The molecule has 0 spiro atoms. The van der Waals surface area contributed by atoms with Crippen LogP contribution in [-0.4, -0.2) is 116 Å². The number of carboxylic acid groups (broad SMARTS) is 1. The largest absolute Gasteiger partial charge is 0.478 e. The minimum atomic E-state index is -1.59. The molecule has 1 aromatic rings. The molecule has 19 nitrogen and oxygen atoms in total. The van der Waals surface area contributed by atoms with Crippen LogP contribution < -0.4 is 32.3 Å². The van der Waals surface area contributed by atoms with Crippen LogP contribution in [-0.2, 0) is 38.4 Å². The van der Waals surface area contributed by atoms with Gasteiger partial charge in [-0.3, -0.25) is 48.1 Å². The summed E-state index contributed by atoms with van der Waals surface area (Å²) >= 11 is 0. The molecule has 19 heteroatoms. The molecule has 0 bridgehead atoms. The van der Waals surface area contributed by atoms with Crippen molar-refractivity contribution in [2.45, 2.75) is 136 Å². The second-order valence-electron chi connectivity index (χ2n) is 17.0. The summed E-state index contributed by atoms with van der Waals surface area (Å²) in [6, 6.07) is -5.43. The van der Waals surface area contributed by atoms with Gasteiger partial charge in [-0.15, -0.1) is 0 Å². The van der Waals surface area contributed by atoms with E-state index in [1.54, 1.807) is 41.5 Å². The van der Waals surface area contributed by atoms with E-state index in [-0.39, 0.29) is 11.5 Å². The smallest absolute Gasteiger partial charge is 0.338 e. The van der Waals surface area contributed by atoms with E-state index in [0.717, 1.165) is 42.6 Å². The zero-order valence-electron chi connectivity index (χ0n) is 34.1. The van der Waals surface area contributed by atoms with Gasteiger partial charge in [0.15, 0.2) is 5.78 Å². The average Bonchev–Trinajstić information content (AvgIpc) is 3.54. The van der Waals surface area contributed by atoms with Crippen molar-refractivity contribution in [1.82, 2.24) is 36.5 Å². The van der Waals surface area contributed by atoms with E-state index in [2.05, 4.69) is 31.6 Å². The molecule has 1 aliphatic heterocycles. The highest BCUT2D eigenvalue weighted by Gasteiger charge is 2.45. The van der Waals surface area contributed by atoms with Crippen LogP contribution in [0.15, 0.2) is 18.5 Å². The average molecular weight is 813 g/mol. The number of carbonyl (C=O) groups excluding carboxylic acids is 9. The highest BCUT2D eigenvalue weighted by molar-refractivity contribution is 6.36. The van der Waals surface area contributed by atoms with Crippen LogP contribution in [0.5, 0.6) is 0 Å². The lowest BCUT2D eigenvalue weighted by molar-refractivity contribution is -0.144. The Bertz CT molecular complexity index is 1800. The number of nitrogens with zero attached hydrogens (tertiary/aromatic N) is 2. The van der Waals surface area contributed by atoms with Crippen LogP contribution in [0.2, 0.25) is 0 Å². The van der Waals surface area contributed by atoms with Crippen molar-refractivity contribution in [2.24, 2.45) is 17.1 Å². The van der Waals surface area contributed by atoms with E-state index < -0.39 is 131 Å². The Balaban J connectivity index is 1.84. The lowest BCUT2D eigenvalue weighted by atomic mass is 9.83. The molecule has 58 heavy (non-hydrogen) atoms. The van der Waals surface area contributed by atoms with Crippen LogP contribution in [0.25, 0.3) is 0 Å². The molecular weight excluding hydrogens is 756 g/mol. The maximum Gasteiger partial charge on any atom is 0.338 e. The van der Waals surface area contributed by atoms with Crippen molar-refractivity contribution in [3.63, 3.8) is 0 Å². The Morgan fingerprint density at radius 3 is 2.10 bits per heavy atom. The van der Waals surface area contributed by atoms with Crippen LogP contribution in [0.1, 0.15) is 121 Å². The van der Waals surface area contributed by atoms with E-state index in [0.29, 0.717) is 12.8 Å². The van der Waals surface area contributed by atoms with Gasteiger partial charge in [-0.25, -0.2) is 4.79 Å². The van der Waals surface area contributed by atoms with E-state index in [4.69, 9.17) is 5.73 Å². The van der Waals surface area contributed by atoms with Gasteiger partial charge in [0.2, 0.25) is 35.3 Å². The summed E-state index contributed by atoms with van der Waals surface area (Å²) < 4.78 is 0. The molecule has 1 aliphatic carbocycles. The Morgan fingerprint density at radius 1 is 0.897 bits per heavy atom. The minimum absolute atomic E-state index is 0.151. The molecule has 0 unspecified atom stereocenters. The molecule has 318 valence electrons. The normalized spacial score (nSPS) is 18.2. The Labute approximate surface area is 336 Å². The summed E-state index contributed by atoms with van der Waals surface area (Å²) in [4.78, 5) is 135. The molecule has 0 radical (unpaired) electrons. The molecule has 8 N–H and O–H groups in total. The number of rotatable bonds is 16. The standard InChI is InChI=1S/C39H56N8O11/c1-20(31(51)44-28(30(40)50)21-11-9-8-10-12-21)42-34(54)26-17-22(48)19-47(26)36(56)29(38(2,3)4)45-33(53)25(13-14-27(49)35(55)46-39(5,6)7)43-32(52)23-15-16-41-18-24(23)37(57)58/h15-16,18,20-21,25-26,28-29H,8-14,17,19H2,1-7H3,(H2,40,50)(H,42,54)(H,43,52)(H,44,51)(H,45,53)(H,46,55)(H,57,58)/t20-,25-,26-,28-,29+/m0/s1. The molecule has 1 saturated carbocycles. The summed E-state index contributed by atoms with van der Waals surface area (Å²) in [5.41, 5.74) is 2.92. The highest BCUT2D eigenvalue weighted by Crippen LogP contribution is 2.27. The number of primary amides is 1. The predicted octanol–water partition coefficient (Wildman–Crippen LogP) is -0.102. The number of pyridine rings is 1. The first-order chi connectivity index (χ1) is 26.9. The summed E-state index contributed by atoms with van der Waals surface area (Å²) in [6.07, 6.45) is 4.92. The number of aromatic carboxylic acids is 1. The van der Waals surface area contributed by atoms with Crippen molar-refractivity contribution in [3.05, 3.63) is 29.6 Å². The summed E-state index contributed by atoms with van der Waals surface area (Å²) in [5.74, 6) is -9.02. The lowest BCUT2D eigenvalue weighted by Crippen LogP contribution is -2.61.